The van der Waals surface area contributed by atoms with Gasteiger partial charge >= 0.3 is 0 Å². The van der Waals surface area contributed by atoms with Crippen molar-refractivity contribution in [2.24, 2.45) is 0 Å². The van der Waals surface area contributed by atoms with Crippen LogP contribution in [0.5, 0.6) is 11.5 Å². The molecule has 174 valence electrons. The van der Waals surface area contributed by atoms with Gasteiger partial charge in [0.25, 0.3) is 0 Å². The quantitative estimate of drug-likeness (QED) is 0.463. The third-order valence-electron chi connectivity index (χ3n) is 5.38. The highest BCUT2D eigenvalue weighted by Gasteiger charge is 2.22. The predicted molar refractivity (Wildman–Crippen MR) is 135 cm³/mol. The summed E-state index contributed by atoms with van der Waals surface area (Å²) in [6.07, 6.45) is 2.55. The minimum Gasteiger partial charge on any atom is -0.496 e. The molecule has 0 saturated carbocycles. The average Bonchev–Trinajstić information content (AvgIpc) is 2.73. The molecule has 1 amide bonds. The third kappa shape index (κ3) is 5.64. The lowest BCUT2D eigenvalue weighted by atomic mass is 9.90. The number of benzene rings is 2. The van der Waals surface area contributed by atoms with Crippen LogP contribution in [0, 0.1) is 13.8 Å². The highest BCUT2D eigenvalue weighted by atomic mass is 16.5. The van der Waals surface area contributed by atoms with Crippen LogP contribution < -0.4 is 20.1 Å². The highest BCUT2D eigenvalue weighted by Crippen LogP contribution is 2.45. The van der Waals surface area contributed by atoms with Crippen LogP contribution in [-0.4, -0.2) is 32.2 Å². The summed E-state index contributed by atoms with van der Waals surface area (Å²) < 4.78 is 11.7. The minimum absolute atomic E-state index is 0.0575. The molecule has 0 aliphatic carbocycles. The molecular formula is C27H38N2O3. The number of methoxy groups -OCH3 is 2. The lowest BCUT2D eigenvalue weighted by molar-refractivity contribution is -0.118. The Kier molecular flexibility index (Phi) is 8.76. The zero-order valence-electron chi connectivity index (χ0n) is 21.0. The Morgan fingerprint density at radius 3 is 2.00 bits per heavy atom. The van der Waals surface area contributed by atoms with Crippen molar-refractivity contribution in [1.29, 1.82) is 0 Å². The van der Waals surface area contributed by atoms with E-state index in [0.717, 1.165) is 45.0 Å². The van der Waals surface area contributed by atoms with Crippen molar-refractivity contribution in [3.05, 3.63) is 46.5 Å². The van der Waals surface area contributed by atoms with E-state index in [1.807, 2.05) is 40.7 Å². The molecule has 0 spiro atoms. The van der Waals surface area contributed by atoms with Gasteiger partial charge in [0.15, 0.2) is 0 Å². The zero-order chi connectivity index (χ0) is 24.0. The fourth-order valence-electron chi connectivity index (χ4n) is 3.93. The lowest BCUT2D eigenvalue weighted by Crippen LogP contribution is -2.31. The van der Waals surface area contributed by atoms with Crippen LogP contribution in [0.1, 0.15) is 57.7 Å². The van der Waals surface area contributed by atoms with Gasteiger partial charge in [-0.05, 0) is 71.7 Å². The second kappa shape index (κ2) is 11.1. The first-order chi connectivity index (χ1) is 15.1. The van der Waals surface area contributed by atoms with Crippen molar-refractivity contribution in [3.8, 4) is 22.6 Å². The Bertz CT molecular complexity index is 974. The molecular weight excluding hydrogens is 400 g/mol. The van der Waals surface area contributed by atoms with Crippen LogP contribution in [-0.2, 0) is 4.79 Å². The molecule has 0 atom stereocenters. The molecule has 0 fully saturated rings. The van der Waals surface area contributed by atoms with Gasteiger partial charge in [0.2, 0.25) is 5.91 Å². The van der Waals surface area contributed by atoms with E-state index in [4.69, 9.17) is 9.47 Å². The third-order valence-corrected chi connectivity index (χ3v) is 5.38. The SMILES string of the molecule is CCC(=Cc1c(C)c(OC)c(-c2ccc(NC(C)C)cc2)c(C)c1OC)C(=O)NC(C)C. The first-order valence-corrected chi connectivity index (χ1v) is 11.3. The largest absolute Gasteiger partial charge is 0.496 e. The average molecular weight is 439 g/mol. The van der Waals surface area contributed by atoms with Crippen LogP contribution in [0.2, 0.25) is 0 Å². The van der Waals surface area contributed by atoms with Crippen molar-refractivity contribution >= 4 is 17.7 Å². The van der Waals surface area contributed by atoms with E-state index >= 15 is 0 Å². The Morgan fingerprint density at radius 2 is 1.53 bits per heavy atom. The Hall–Kier alpha value is -2.95. The minimum atomic E-state index is -0.0575. The Morgan fingerprint density at radius 1 is 0.938 bits per heavy atom. The highest BCUT2D eigenvalue weighted by molar-refractivity contribution is 5.99. The molecule has 5 heteroatoms. The molecule has 0 radical (unpaired) electrons. The van der Waals surface area contributed by atoms with Gasteiger partial charge in [-0.15, -0.1) is 0 Å². The van der Waals surface area contributed by atoms with Crippen molar-refractivity contribution in [2.75, 3.05) is 19.5 Å². The van der Waals surface area contributed by atoms with Gasteiger partial charge in [0, 0.05) is 45.6 Å². The summed E-state index contributed by atoms with van der Waals surface area (Å²) in [4.78, 5) is 12.7. The molecule has 0 aliphatic rings. The summed E-state index contributed by atoms with van der Waals surface area (Å²) in [5, 5.41) is 6.40. The molecule has 0 aliphatic heterocycles. The summed E-state index contributed by atoms with van der Waals surface area (Å²) in [5.74, 6) is 1.49. The number of anilines is 1. The van der Waals surface area contributed by atoms with Crippen LogP contribution >= 0.6 is 0 Å². The van der Waals surface area contributed by atoms with Crippen LogP contribution in [0.15, 0.2) is 29.8 Å². The van der Waals surface area contributed by atoms with E-state index < -0.39 is 0 Å². The van der Waals surface area contributed by atoms with Crippen molar-refractivity contribution in [2.45, 2.75) is 67.0 Å². The summed E-state index contributed by atoms with van der Waals surface area (Å²) >= 11 is 0. The molecule has 0 aromatic heterocycles. The smallest absolute Gasteiger partial charge is 0.247 e. The molecule has 32 heavy (non-hydrogen) atoms. The van der Waals surface area contributed by atoms with Crippen LogP contribution in [0.3, 0.4) is 0 Å². The monoisotopic (exact) mass is 438 g/mol. The maximum Gasteiger partial charge on any atom is 0.247 e. The van der Waals surface area contributed by atoms with Crippen molar-refractivity contribution in [1.82, 2.24) is 5.32 Å². The fraction of sp³-hybridized carbons (Fsp3) is 0.444. The number of carbonyl (C=O) groups is 1. The van der Waals surface area contributed by atoms with Crippen molar-refractivity contribution < 1.29 is 14.3 Å². The molecule has 0 heterocycles. The summed E-state index contributed by atoms with van der Waals surface area (Å²) in [6.45, 7) is 14.2. The lowest BCUT2D eigenvalue weighted by Gasteiger charge is -2.22. The predicted octanol–water partition coefficient (Wildman–Crippen LogP) is 6.13. The summed E-state index contributed by atoms with van der Waals surface area (Å²) in [6, 6.07) is 8.79. The van der Waals surface area contributed by atoms with Gasteiger partial charge in [0.05, 0.1) is 14.2 Å². The molecule has 0 bridgehead atoms. The van der Waals surface area contributed by atoms with E-state index in [0.29, 0.717) is 18.0 Å². The van der Waals surface area contributed by atoms with E-state index in [1.54, 1.807) is 14.2 Å². The van der Waals surface area contributed by atoms with Crippen molar-refractivity contribution in [3.63, 3.8) is 0 Å². The van der Waals surface area contributed by atoms with Gasteiger partial charge in [-0.1, -0.05) is 19.1 Å². The molecule has 2 aromatic rings. The number of ether oxygens (including phenoxy) is 2. The summed E-state index contributed by atoms with van der Waals surface area (Å²) in [5.41, 5.74) is 6.63. The van der Waals surface area contributed by atoms with E-state index in [1.165, 1.54) is 0 Å². The second-order valence-electron chi connectivity index (χ2n) is 8.63. The topological polar surface area (TPSA) is 59.6 Å². The van der Waals surface area contributed by atoms with Gasteiger partial charge in [-0.2, -0.15) is 0 Å². The van der Waals surface area contributed by atoms with E-state index in [2.05, 4.69) is 48.7 Å². The van der Waals surface area contributed by atoms with Gasteiger partial charge in [-0.25, -0.2) is 0 Å². The van der Waals surface area contributed by atoms with Crippen LogP contribution in [0.25, 0.3) is 17.2 Å². The number of carbonyl (C=O) groups excluding carboxylic acids is 1. The Labute approximate surface area is 193 Å². The number of rotatable bonds is 9. The number of hydrogen-bond donors (Lipinski definition) is 2. The first-order valence-electron chi connectivity index (χ1n) is 11.3. The molecule has 2 aromatic carbocycles. The molecule has 0 saturated heterocycles. The second-order valence-corrected chi connectivity index (χ2v) is 8.63. The Balaban J connectivity index is 2.67. The number of amides is 1. The molecule has 2 rings (SSSR count). The van der Waals surface area contributed by atoms with E-state index in [-0.39, 0.29) is 11.9 Å². The van der Waals surface area contributed by atoms with Gasteiger partial charge < -0.3 is 20.1 Å². The number of nitrogens with one attached hydrogen (secondary N) is 2. The maximum absolute atomic E-state index is 12.7. The first kappa shape index (κ1) is 25.3. The zero-order valence-corrected chi connectivity index (χ0v) is 21.0. The normalized spacial score (nSPS) is 11.7. The summed E-state index contributed by atoms with van der Waals surface area (Å²) in [7, 11) is 3.36. The van der Waals surface area contributed by atoms with Crippen LogP contribution in [0.4, 0.5) is 5.69 Å². The standard InChI is InChI=1S/C27H38N2O3/c1-10-20(27(30)29-17(4)5)15-23-18(6)26(32-9)24(19(7)25(23)31-8)21-11-13-22(14-12-21)28-16(2)3/h11-17,28H,10H2,1-9H3,(H,29,30). The fourth-order valence-corrected chi connectivity index (χ4v) is 3.93. The maximum atomic E-state index is 12.7. The van der Waals surface area contributed by atoms with Gasteiger partial charge in [0.1, 0.15) is 11.5 Å². The number of hydrogen-bond acceptors (Lipinski definition) is 4. The van der Waals surface area contributed by atoms with Gasteiger partial charge in [-0.3, -0.25) is 4.79 Å². The van der Waals surface area contributed by atoms with E-state index in [9.17, 15) is 4.79 Å². The molecule has 2 N–H and O–H groups in total. The molecule has 0 unspecified atom stereocenters. The molecule has 5 nitrogen and oxygen atoms in total.